The Balaban J connectivity index is 1.94. The molecule has 0 aliphatic carbocycles. The number of rotatable bonds is 7. The van der Waals surface area contributed by atoms with Gasteiger partial charge >= 0.3 is 6.18 Å². The lowest BCUT2D eigenvalue weighted by atomic mass is 10.2. The molecular weight excluding hydrogens is 417 g/mol. The molecule has 0 radical (unpaired) electrons. The lowest BCUT2D eigenvalue weighted by molar-refractivity contribution is -0.137. The van der Waals surface area contributed by atoms with E-state index in [1.807, 2.05) is 11.5 Å². The van der Waals surface area contributed by atoms with Crippen molar-refractivity contribution in [2.24, 2.45) is 0 Å². The summed E-state index contributed by atoms with van der Waals surface area (Å²) >= 11 is 0. The Morgan fingerprint density at radius 2 is 1.87 bits per heavy atom. The third-order valence-electron chi connectivity index (χ3n) is 4.67. The fraction of sp³-hybridized carbons (Fsp3) is 0.350. The van der Waals surface area contributed by atoms with E-state index < -0.39 is 21.8 Å². The Kier molecular flexibility index (Phi) is 6.09. The van der Waals surface area contributed by atoms with Gasteiger partial charge in [-0.2, -0.15) is 13.2 Å². The molecule has 2 aromatic carbocycles. The van der Waals surface area contributed by atoms with Crippen molar-refractivity contribution in [1.29, 1.82) is 0 Å². The van der Waals surface area contributed by atoms with Crippen molar-refractivity contribution in [3.05, 3.63) is 53.9 Å². The molecule has 162 valence electrons. The number of nitrogens with one attached hydrogen (secondary N) is 1. The second-order valence-corrected chi connectivity index (χ2v) is 9.20. The number of benzene rings is 2. The van der Waals surface area contributed by atoms with Crippen molar-refractivity contribution in [3.8, 4) is 0 Å². The number of fused-ring (bicyclic) bond motifs is 1. The maximum absolute atomic E-state index is 12.9. The largest absolute Gasteiger partial charge is 0.416 e. The predicted molar refractivity (Wildman–Crippen MR) is 110 cm³/mol. The lowest BCUT2D eigenvalue weighted by Gasteiger charge is -2.12. The minimum Gasteiger partial charge on any atom is -0.378 e. The summed E-state index contributed by atoms with van der Waals surface area (Å²) in [7, 11) is -0.680. The molecular formula is C20H23F3N4O2S. The zero-order chi connectivity index (χ0) is 22.1. The van der Waals surface area contributed by atoms with Gasteiger partial charge in [-0.15, -0.1) is 0 Å². The zero-order valence-electron chi connectivity index (χ0n) is 16.9. The normalized spacial score (nSPS) is 12.6. The van der Waals surface area contributed by atoms with Gasteiger partial charge in [0.1, 0.15) is 5.82 Å². The van der Waals surface area contributed by atoms with Gasteiger partial charge in [0.2, 0.25) is 10.0 Å². The summed E-state index contributed by atoms with van der Waals surface area (Å²) < 4.78 is 66.7. The first-order valence-corrected chi connectivity index (χ1v) is 10.8. The average Bonchev–Trinajstić information content (AvgIpc) is 3.03. The van der Waals surface area contributed by atoms with Crippen molar-refractivity contribution in [1.82, 2.24) is 13.9 Å². The molecule has 0 aliphatic heterocycles. The maximum atomic E-state index is 12.9. The molecule has 0 saturated heterocycles. The Morgan fingerprint density at radius 1 is 1.13 bits per heavy atom. The quantitative estimate of drug-likeness (QED) is 0.594. The van der Waals surface area contributed by atoms with Gasteiger partial charge in [-0.1, -0.05) is 13.0 Å². The Bertz CT molecular complexity index is 1150. The van der Waals surface area contributed by atoms with Crippen molar-refractivity contribution < 1.29 is 21.6 Å². The number of aromatic nitrogens is 2. The van der Waals surface area contributed by atoms with Gasteiger partial charge in [0.15, 0.2) is 0 Å². The van der Waals surface area contributed by atoms with Crippen LogP contribution >= 0.6 is 0 Å². The monoisotopic (exact) mass is 440 g/mol. The number of hydrogen-bond acceptors (Lipinski definition) is 4. The highest BCUT2D eigenvalue weighted by Crippen LogP contribution is 2.31. The number of sulfonamides is 1. The van der Waals surface area contributed by atoms with E-state index in [1.54, 1.807) is 12.1 Å². The standard InChI is InChI=1S/C20H23F3N4O2S/c1-4-10-27-18-9-8-16(30(28,29)26(2)3)12-17(18)25-19(27)13-24-15-7-5-6-14(11-15)20(21,22)23/h5-9,11-12,24H,4,10,13H2,1-3H3. The van der Waals surface area contributed by atoms with Gasteiger partial charge in [-0.05, 0) is 42.8 Å². The molecule has 0 spiro atoms. The van der Waals surface area contributed by atoms with Gasteiger partial charge in [-0.3, -0.25) is 0 Å². The van der Waals surface area contributed by atoms with Crippen LogP contribution in [0.3, 0.4) is 0 Å². The van der Waals surface area contributed by atoms with Crippen LogP contribution < -0.4 is 5.32 Å². The van der Waals surface area contributed by atoms with E-state index in [9.17, 15) is 21.6 Å². The number of imidazole rings is 1. The third kappa shape index (κ3) is 4.44. The summed E-state index contributed by atoms with van der Waals surface area (Å²) in [4.78, 5) is 4.68. The molecule has 0 unspecified atom stereocenters. The number of aryl methyl sites for hydroxylation is 1. The molecule has 30 heavy (non-hydrogen) atoms. The number of hydrogen-bond donors (Lipinski definition) is 1. The molecule has 0 fully saturated rings. The van der Waals surface area contributed by atoms with E-state index in [-0.39, 0.29) is 11.4 Å². The van der Waals surface area contributed by atoms with Crippen LogP contribution in [0.15, 0.2) is 47.4 Å². The molecule has 0 aliphatic rings. The highest BCUT2D eigenvalue weighted by Gasteiger charge is 2.30. The van der Waals surface area contributed by atoms with Crippen LogP contribution in [0.2, 0.25) is 0 Å². The molecule has 0 bridgehead atoms. The maximum Gasteiger partial charge on any atom is 0.416 e. The van der Waals surface area contributed by atoms with E-state index in [1.165, 1.54) is 32.3 Å². The summed E-state index contributed by atoms with van der Waals surface area (Å²) in [5.41, 5.74) is 0.895. The van der Waals surface area contributed by atoms with E-state index in [0.717, 1.165) is 28.4 Å². The Labute approximate surface area is 173 Å². The second-order valence-electron chi connectivity index (χ2n) is 7.05. The molecule has 3 rings (SSSR count). The van der Waals surface area contributed by atoms with Crippen LogP contribution in [0.25, 0.3) is 11.0 Å². The zero-order valence-corrected chi connectivity index (χ0v) is 17.7. The van der Waals surface area contributed by atoms with Crippen LogP contribution in [-0.4, -0.2) is 36.4 Å². The highest BCUT2D eigenvalue weighted by atomic mass is 32.2. The van der Waals surface area contributed by atoms with E-state index in [2.05, 4.69) is 10.3 Å². The Hall–Kier alpha value is -2.59. The lowest BCUT2D eigenvalue weighted by Crippen LogP contribution is -2.22. The summed E-state index contributed by atoms with van der Waals surface area (Å²) in [6, 6.07) is 9.74. The second kappa shape index (κ2) is 8.27. The first kappa shape index (κ1) is 22.1. The third-order valence-corrected chi connectivity index (χ3v) is 6.48. The molecule has 0 atom stereocenters. The SMILES string of the molecule is CCCn1c(CNc2cccc(C(F)(F)F)c2)nc2cc(S(=O)(=O)N(C)C)ccc21. The number of nitrogens with zero attached hydrogens (tertiary/aromatic N) is 3. The van der Waals surface area contributed by atoms with Gasteiger partial charge in [-0.25, -0.2) is 17.7 Å². The molecule has 3 aromatic rings. The van der Waals surface area contributed by atoms with Gasteiger partial charge in [0.25, 0.3) is 0 Å². The van der Waals surface area contributed by atoms with Gasteiger partial charge in [0, 0.05) is 26.3 Å². The smallest absolute Gasteiger partial charge is 0.378 e. The fourth-order valence-electron chi connectivity index (χ4n) is 3.13. The van der Waals surface area contributed by atoms with Crippen LogP contribution in [0, 0.1) is 0 Å². The van der Waals surface area contributed by atoms with Crippen LogP contribution in [-0.2, 0) is 29.3 Å². The first-order valence-electron chi connectivity index (χ1n) is 9.37. The molecule has 1 N–H and O–H groups in total. The summed E-state index contributed by atoms with van der Waals surface area (Å²) in [5.74, 6) is 0.615. The summed E-state index contributed by atoms with van der Waals surface area (Å²) in [6.07, 6.45) is -3.60. The first-order chi connectivity index (χ1) is 14.0. The summed E-state index contributed by atoms with van der Waals surface area (Å²) in [6.45, 7) is 2.85. The highest BCUT2D eigenvalue weighted by molar-refractivity contribution is 7.89. The molecule has 1 heterocycles. The van der Waals surface area contributed by atoms with Crippen LogP contribution in [0.1, 0.15) is 24.7 Å². The minimum absolute atomic E-state index is 0.138. The molecule has 10 heteroatoms. The van der Waals surface area contributed by atoms with E-state index in [0.29, 0.717) is 23.6 Å². The number of halogens is 3. The van der Waals surface area contributed by atoms with E-state index in [4.69, 9.17) is 0 Å². The van der Waals surface area contributed by atoms with Crippen molar-refractivity contribution in [2.45, 2.75) is 37.5 Å². The number of anilines is 1. The fourth-order valence-corrected chi connectivity index (χ4v) is 4.05. The molecule has 0 amide bonds. The summed E-state index contributed by atoms with van der Waals surface area (Å²) in [5, 5.41) is 2.99. The van der Waals surface area contributed by atoms with E-state index >= 15 is 0 Å². The topological polar surface area (TPSA) is 67.2 Å². The van der Waals surface area contributed by atoms with Gasteiger partial charge < -0.3 is 9.88 Å². The Morgan fingerprint density at radius 3 is 2.50 bits per heavy atom. The molecule has 0 saturated carbocycles. The average molecular weight is 440 g/mol. The predicted octanol–water partition coefficient (Wildman–Crippen LogP) is 4.33. The van der Waals surface area contributed by atoms with Crippen LogP contribution in [0.4, 0.5) is 18.9 Å². The van der Waals surface area contributed by atoms with Crippen molar-refractivity contribution in [2.75, 3.05) is 19.4 Å². The molecule has 6 nitrogen and oxygen atoms in total. The molecule has 1 aromatic heterocycles. The van der Waals surface area contributed by atoms with Crippen molar-refractivity contribution >= 4 is 26.7 Å². The number of alkyl halides is 3. The van der Waals surface area contributed by atoms with Gasteiger partial charge in [0.05, 0.1) is 28.0 Å². The van der Waals surface area contributed by atoms with Crippen LogP contribution in [0.5, 0.6) is 0 Å². The van der Waals surface area contributed by atoms with Crippen molar-refractivity contribution in [3.63, 3.8) is 0 Å². The minimum atomic E-state index is -4.42.